The predicted molar refractivity (Wildman–Crippen MR) is 101 cm³/mol. The Morgan fingerprint density at radius 2 is 1.50 bits per heavy atom. The summed E-state index contributed by atoms with van der Waals surface area (Å²) >= 11 is 11.6. The van der Waals surface area contributed by atoms with Crippen LogP contribution in [-0.4, -0.2) is 52.6 Å². The van der Waals surface area contributed by atoms with Crippen LogP contribution in [0, 0.1) is 11.3 Å². The van der Waals surface area contributed by atoms with Crippen LogP contribution in [0.25, 0.3) is 5.69 Å². The van der Waals surface area contributed by atoms with E-state index in [0.717, 1.165) is 11.0 Å². The van der Waals surface area contributed by atoms with Gasteiger partial charge >= 0.3 is 18.5 Å². The summed E-state index contributed by atoms with van der Waals surface area (Å²) in [5, 5.41) is 20.6. The number of aromatic nitrogens is 2. The lowest BCUT2D eigenvalue weighted by Crippen LogP contribution is -2.54. The van der Waals surface area contributed by atoms with E-state index in [2.05, 4.69) is 10.1 Å². The average molecular weight is 542 g/mol. The van der Waals surface area contributed by atoms with Crippen molar-refractivity contribution in [2.24, 2.45) is 4.99 Å². The lowest BCUT2D eigenvalue weighted by molar-refractivity contribution is -0.376. The molecule has 0 radical (unpaired) electrons. The zero-order chi connectivity index (χ0) is 26.4. The van der Waals surface area contributed by atoms with Gasteiger partial charge in [-0.2, -0.15) is 49.9 Å². The highest BCUT2D eigenvalue weighted by Crippen LogP contribution is 2.54. The fourth-order valence-electron chi connectivity index (χ4n) is 2.64. The Morgan fingerprint density at radius 3 is 1.85 bits per heavy atom. The minimum atomic E-state index is -6.43. The summed E-state index contributed by atoms with van der Waals surface area (Å²) < 4.78 is 121. The van der Waals surface area contributed by atoms with Crippen LogP contribution >= 0.6 is 23.2 Å². The molecular formula is C17H10Cl2F9N5O. The fourth-order valence-corrected chi connectivity index (χ4v) is 3.29. The summed E-state index contributed by atoms with van der Waals surface area (Å²) in [6.45, 7) is 0. The third-order valence-electron chi connectivity index (χ3n) is 4.12. The first-order valence-corrected chi connectivity index (χ1v) is 9.19. The van der Waals surface area contributed by atoms with Gasteiger partial charge in [-0.15, -0.1) is 0 Å². The quantitative estimate of drug-likeness (QED) is 0.310. The molecule has 1 aromatic carbocycles. The minimum absolute atomic E-state index is 0.112. The Balaban J connectivity index is 3.08. The van der Waals surface area contributed by atoms with Crippen LogP contribution < -0.4 is 0 Å². The molecule has 1 aromatic heterocycles. The first kappa shape index (κ1) is 27.5. The second kappa shape index (κ2) is 8.82. The summed E-state index contributed by atoms with van der Waals surface area (Å²) in [6.07, 6.45) is -17.1. The summed E-state index contributed by atoms with van der Waals surface area (Å²) in [4.78, 5) is 4.51. The number of aliphatic hydroxyl groups is 1. The number of hydrogen-bond donors (Lipinski definition) is 1. The zero-order valence-corrected chi connectivity index (χ0v) is 18.1. The van der Waals surface area contributed by atoms with Gasteiger partial charge in [0.1, 0.15) is 11.8 Å². The molecule has 2 aromatic rings. The van der Waals surface area contributed by atoms with Crippen molar-refractivity contribution >= 4 is 35.4 Å². The molecule has 0 aliphatic carbocycles. The normalized spacial score (nSPS) is 13.4. The van der Waals surface area contributed by atoms with Crippen LogP contribution in [0.3, 0.4) is 0 Å². The largest absolute Gasteiger partial charge is 0.430 e. The van der Waals surface area contributed by atoms with E-state index in [1.54, 1.807) is 0 Å². The fraction of sp³-hybridized carbons (Fsp3) is 0.353. The molecule has 0 atom stereocenters. The molecule has 0 spiro atoms. The third-order valence-corrected chi connectivity index (χ3v) is 4.69. The highest BCUT2D eigenvalue weighted by Gasteiger charge is 2.73. The van der Waals surface area contributed by atoms with Crippen molar-refractivity contribution < 1.29 is 44.6 Å². The van der Waals surface area contributed by atoms with Gasteiger partial charge in [0, 0.05) is 14.1 Å². The van der Waals surface area contributed by atoms with E-state index >= 15 is 0 Å². The van der Waals surface area contributed by atoms with E-state index < -0.39 is 62.5 Å². The summed E-state index contributed by atoms with van der Waals surface area (Å²) in [6, 6.07) is 1.57. The molecule has 6 nitrogen and oxygen atoms in total. The molecular weight excluding hydrogens is 532 g/mol. The van der Waals surface area contributed by atoms with Gasteiger partial charge in [0.25, 0.3) is 5.60 Å². The lowest BCUT2D eigenvalue weighted by Gasteiger charge is -2.32. The van der Waals surface area contributed by atoms with Gasteiger partial charge in [-0.3, -0.25) is 0 Å². The van der Waals surface area contributed by atoms with E-state index in [1.807, 2.05) is 0 Å². The van der Waals surface area contributed by atoms with Crippen LogP contribution in [0.4, 0.5) is 45.3 Å². The smallest absolute Gasteiger partial charge is 0.369 e. The molecule has 1 N–H and O–H groups in total. The van der Waals surface area contributed by atoms with Crippen LogP contribution in [0.5, 0.6) is 0 Å². The Bertz CT molecular complexity index is 1120. The number of rotatable bonds is 4. The van der Waals surface area contributed by atoms with Crippen LogP contribution in [0.15, 0.2) is 17.1 Å². The van der Waals surface area contributed by atoms with Crippen LogP contribution in [-0.2, 0) is 11.8 Å². The summed E-state index contributed by atoms with van der Waals surface area (Å²) in [7, 11) is 2.54. The SMILES string of the molecule is CN(C)/C=N\c1c(C(O)(C(F)(F)F)C(F)(F)F)c(C#N)nn1-c1c(Cl)cc(C(F)(F)F)cc1Cl. The molecule has 17 heteroatoms. The van der Waals surface area contributed by atoms with Gasteiger partial charge in [-0.05, 0) is 12.1 Å². The highest BCUT2D eigenvalue weighted by atomic mass is 35.5. The number of aliphatic imine (C=N–C) groups is 1. The Morgan fingerprint density at radius 1 is 1.03 bits per heavy atom. The zero-order valence-electron chi connectivity index (χ0n) is 16.6. The third kappa shape index (κ3) is 4.75. The molecule has 0 saturated heterocycles. The Kier molecular flexibility index (Phi) is 7.15. The number of alkyl halides is 9. The molecule has 1 heterocycles. The van der Waals surface area contributed by atoms with E-state index in [1.165, 1.54) is 14.1 Å². The number of hydrogen-bond acceptors (Lipinski definition) is 4. The lowest BCUT2D eigenvalue weighted by atomic mass is 9.91. The highest BCUT2D eigenvalue weighted by molar-refractivity contribution is 6.38. The van der Waals surface area contributed by atoms with Crippen LogP contribution in [0.2, 0.25) is 10.0 Å². The molecule has 0 aliphatic heterocycles. The van der Waals surface area contributed by atoms with Crippen molar-refractivity contribution in [1.82, 2.24) is 14.7 Å². The summed E-state index contributed by atoms with van der Waals surface area (Å²) in [5.41, 5.74) is -11.6. The first-order valence-electron chi connectivity index (χ1n) is 8.44. The summed E-state index contributed by atoms with van der Waals surface area (Å²) in [5.74, 6) is -1.41. The maximum absolute atomic E-state index is 13.6. The monoisotopic (exact) mass is 541 g/mol. The van der Waals surface area contributed by atoms with Crippen LogP contribution in [0.1, 0.15) is 16.8 Å². The van der Waals surface area contributed by atoms with Crippen molar-refractivity contribution in [2.45, 2.75) is 24.1 Å². The minimum Gasteiger partial charge on any atom is -0.369 e. The van der Waals surface area contributed by atoms with Crippen molar-refractivity contribution in [1.29, 1.82) is 5.26 Å². The number of halogens is 11. The number of nitrogens with zero attached hydrogens (tertiary/aromatic N) is 5. The van der Waals surface area contributed by atoms with Crippen molar-refractivity contribution in [3.05, 3.63) is 39.0 Å². The predicted octanol–water partition coefficient (Wildman–Crippen LogP) is 5.60. The Labute approximate surface area is 194 Å². The molecule has 34 heavy (non-hydrogen) atoms. The second-order valence-corrected chi connectivity index (χ2v) is 7.59. The van der Waals surface area contributed by atoms with E-state index in [-0.39, 0.29) is 16.8 Å². The molecule has 0 unspecified atom stereocenters. The molecule has 0 aliphatic rings. The van der Waals surface area contributed by atoms with Gasteiger partial charge < -0.3 is 10.0 Å². The van der Waals surface area contributed by atoms with Gasteiger partial charge in [0.05, 0.1) is 27.5 Å². The number of nitriles is 1. The Hall–Kier alpha value is -2.70. The molecule has 186 valence electrons. The van der Waals surface area contributed by atoms with Crippen molar-refractivity contribution in [3.8, 4) is 11.8 Å². The van der Waals surface area contributed by atoms with Crippen molar-refractivity contribution in [2.75, 3.05) is 14.1 Å². The van der Waals surface area contributed by atoms with Gasteiger partial charge in [0.2, 0.25) is 0 Å². The van der Waals surface area contributed by atoms with Crippen molar-refractivity contribution in [3.63, 3.8) is 0 Å². The van der Waals surface area contributed by atoms with E-state index in [9.17, 15) is 49.9 Å². The van der Waals surface area contributed by atoms with Gasteiger partial charge in [-0.25, -0.2) is 9.67 Å². The molecule has 0 saturated carbocycles. The first-order chi connectivity index (χ1) is 15.3. The standard InChI is InChI=1S/C17H10Cl2F9N5O/c1-32(2)6-30-13-11(14(34,16(23,24)25)17(26,27)28)10(5-29)31-33(13)12-8(18)3-7(4-9(12)19)15(20,21)22/h3-4,6,34H,1-2H3/b30-6-. The van der Waals surface area contributed by atoms with Gasteiger partial charge in [0.15, 0.2) is 11.5 Å². The number of benzene rings is 1. The topological polar surface area (TPSA) is 77.4 Å². The molecule has 0 bridgehead atoms. The van der Waals surface area contributed by atoms with E-state index in [0.29, 0.717) is 6.34 Å². The maximum Gasteiger partial charge on any atom is 0.430 e. The van der Waals surface area contributed by atoms with E-state index in [4.69, 9.17) is 23.2 Å². The second-order valence-electron chi connectivity index (χ2n) is 6.77. The maximum atomic E-state index is 13.6. The average Bonchev–Trinajstić information content (AvgIpc) is 3.00. The molecule has 0 amide bonds. The molecule has 0 fully saturated rings. The van der Waals surface area contributed by atoms with Gasteiger partial charge in [-0.1, -0.05) is 23.2 Å². The molecule has 2 rings (SSSR count).